The summed E-state index contributed by atoms with van der Waals surface area (Å²) >= 11 is 1.86. The van der Waals surface area contributed by atoms with Crippen molar-refractivity contribution >= 4 is 11.8 Å². The van der Waals surface area contributed by atoms with E-state index < -0.39 is 0 Å². The Hall–Kier alpha value is -0.520. The topological polar surface area (TPSA) is 41.3 Å². The van der Waals surface area contributed by atoms with Gasteiger partial charge >= 0.3 is 0 Å². The highest BCUT2D eigenvalue weighted by atomic mass is 32.2. The molecule has 104 valence electrons. The van der Waals surface area contributed by atoms with Gasteiger partial charge in [0.15, 0.2) is 5.76 Å². The second-order valence-electron chi connectivity index (χ2n) is 5.62. The van der Waals surface area contributed by atoms with Crippen molar-refractivity contribution in [3.05, 3.63) is 17.5 Å². The van der Waals surface area contributed by atoms with E-state index in [2.05, 4.69) is 49.4 Å². The number of rotatable bonds is 7. The van der Waals surface area contributed by atoms with Crippen molar-refractivity contribution < 1.29 is 4.52 Å². The molecule has 0 fully saturated rings. The lowest BCUT2D eigenvalue weighted by Gasteiger charge is -2.19. The zero-order chi connectivity index (χ0) is 13.6. The molecule has 4 nitrogen and oxygen atoms in total. The van der Waals surface area contributed by atoms with Crippen LogP contribution < -0.4 is 5.32 Å². The third kappa shape index (κ3) is 6.42. The molecule has 1 N–H and O–H groups in total. The lowest BCUT2D eigenvalue weighted by Crippen LogP contribution is -2.35. The normalized spacial score (nSPS) is 12.3. The number of nitrogens with zero attached hydrogens (tertiary/aromatic N) is 2. The van der Waals surface area contributed by atoms with E-state index in [9.17, 15) is 0 Å². The van der Waals surface area contributed by atoms with Crippen molar-refractivity contribution in [1.29, 1.82) is 0 Å². The molecule has 0 radical (unpaired) electrons. The fourth-order valence-electron chi connectivity index (χ4n) is 1.46. The van der Waals surface area contributed by atoms with Crippen LogP contribution >= 0.6 is 11.8 Å². The average Bonchev–Trinajstić information content (AvgIpc) is 2.70. The molecule has 0 saturated carbocycles. The second-order valence-corrected chi connectivity index (χ2v) is 6.60. The van der Waals surface area contributed by atoms with Crippen LogP contribution in [0.4, 0.5) is 0 Å². The summed E-state index contributed by atoms with van der Waals surface area (Å²) < 4.78 is 5.34. The van der Waals surface area contributed by atoms with Crippen LogP contribution in [0.1, 0.15) is 32.2 Å². The van der Waals surface area contributed by atoms with Gasteiger partial charge in [0.25, 0.3) is 0 Å². The van der Waals surface area contributed by atoms with Crippen molar-refractivity contribution in [2.75, 3.05) is 25.6 Å². The first-order valence-electron chi connectivity index (χ1n) is 6.27. The van der Waals surface area contributed by atoms with E-state index in [0.717, 1.165) is 36.8 Å². The highest BCUT2D eigenvalue weighted by Gasteiger charge is 2.11. The Morgan fingerprint density at radius 1 is 1.44 bits per heavy atom. The van der Waals surface area contributed by atoms with Crippen molar-refractivity contribution in [1.82, 2.24) is 15.4 Å². The predicted molar refractivity (Wildman–Crippen MR) is 77.8 cm³/mol. The maximum Gasteiger partial charge on any atom is 0.151 e. The molecular weight excluding hydrogens is 246 g/mol. The zero-order valence-corrected chi connectivity index (χ0v) is 12.9. The van der Waals surface area contributed by atoms with Crippen LogP contribution in [0.15, 0.2) is 10.6 Å². The van der Waals surface area contributed by atoms with E-state index in [1.54, 1.807) is 0 Å². The van der Waals surface area contributed by atoms with Crippen LogP contribution in [0.25, 0.3) is 0 Å². The summed E-state index contributed by atoms with van der Waals surface area (Å²) in [6.07, 6.45) is 2.12. The standard InChI is InChI=1S/C13H25N3OS/c1-13(2,3)14-9-11-8-12(17-15-11)10-16(4)6-7-18-5/h8,14H,6-7,9-10H2,1-5H3. The maximum absolute atomic E-state index is 5.34. The Labute approximate surface area is 114 Å². The second kappa shape index (κ2) is 7.16. The molecule has 5 heteroatoms. The molecule has 0 aliphatic rings. The molecule has 1 heterocycles. The fraction of sp³-hybridized carbons (Fsp3) is 0.769. The number of thioether (sulfide) groups is 1. The van der Waals surface area contributed by atoms with E-state index in [-0.39, 0.29) is 5.54 Å². The van der Waals surface area contributed by atoms with Crippen molar-refractivity contribution in [3.8, 4) is 0 Å². The van der Waals surface area contributed by atoms with Gasteiger partial charge in [-0.05, 0) is 34.1 Å². The fourth-order valence-corrected chi connectivity index (χ4v) is 1.96. The number of nitrogens with one attached hydrogen (secondary N) is 1. The zero-order valence-electron chi connectivity index (χ0n) is 12.1. The Balaban J connectivity index is 2.38. The van der Waals surface area contributed by atoms with E-state index in [4.69, 9.17) is 4.52 Å². The molecule has 0 aliphatic heterocycles. The molecule has 1 rings (SSSR count). The molecule has 0 spiro atoms. The van der Waals surface area contributed by atoms with Gasteiger partial charge in [0.05, 0.1) is 12.2 Å². The first-order chi connectivity index (χ1) is 8.40. The first kappa shape index (κ1) is 15.5. The molecule has 1 aromatic rings. The largest absolute Gasteiger partial charge is 0.360 e. The highest BCUT2D eigenvalue weighted by molar-refractivity contribution is 7.98. The molecule has 0 aliphatic carbocycles. The van der Waals surface area contributed by atoms with Gasteiger partial charge in [-0.25, -0.2) is 0 Å². The van der Waals surface area contributed by atoms with Crippen LogP contribution in [-0.2, 0) is 13.1 Å². The molecule has 0 bridgehead atoms. The van der Waals surface area contributed by atoms with Crippen molar-refractivity contribution in [2.24, 2.45) is 0 Å². The van der Waals surface area contributed by atoms with Gasteiger partial charge < -0.3 is 9.84 Å². The SMILES string of the molecule is CSCCN(C)Cc1cc(CNC(C)(C)C)no1. The number of hydrogen-bond acceptors (Lipinski definition) is 5. The number of aromatic nitrogens is 1. The predicted octanol–water partition coefficient (Wildman–Crippen LogP) is 2.36. The smallest absolute Gasteiger partial charge is 0.151 e. The molecule has 0 atom stereocenters. The van der Waals surface area contributed by atoms with Crippen LogP contribution in [-0.4, -0.2) is 41.2 Å². The summed E-state index contributed by atoms with van der Waals surface area (Å²) in [5.74, 6) is 2.08. The highest BCUT2D eigenvalue weighted by Crippen LogP contribution is 2.08. The molecule has 18 heavy (non-hydrogen) atoms. The van der Waals surface area contributed by atoms with Gasteiger partial charge in [-0.15, -0.1) is 0 Å². The Kier molecular flexibility index (Phi) is 6.18. The van der Waals surface area contributed by atoms with E-state index in [1.807, 2.05) is 17.8 Å². The van der Waals surface area contributed by atoms with Crippen LogP contribution in [0.5, 0.6) is 0 Å². The van der Waals surface area contributed by atoms with Gasteiger partial charge in [-0.2, -0.15) is 11.8 Å². The molecule has 0 saturated heterocycles. The lowest BCUT2D eigenvalue weighted by atomic mass is 10.1. The molecule has 1 aromatic heterocycles. The minimum Gasteiger partial charge on any atom is -0.360 e. The molecular formula is C13H25N3OS. The third-order valence-corrected chi connectivity index (χ3v) is 3.10. The Bertz CT molecular complexity index is 346. The summed E-state index contributed by atoms with van der Waals surface area (Å²) in [4.78, 5) is 2.25. The Morgan fingerprint density at radius 2 is 2.17 bits per heavy atom. The number of hydrogen-bond donors (Lipinski definition) is 1. The first-order valence-corrected chi connectivity index (χ1v) is 7.67. The van der Waals surface area contributed by atoms with E-state index in [0.29, 0.717) is 0 Å². The van der Waals surface area contributed by atoms with E-state index in [1.165, 1.54) is 0 Å². The van der Waals surface area contributed by atoms with Crippen LogP contribution in [0, 0.1) is 0 Å². The van der Waals surface area contributed by atoms with Gasteiger partial charge in [-0.3, -0.25) is 4.90 Å². The Morgan fingerprint density at radius 3 is 2.78 bits per heavy atom. The minimum absolute atomic E-state index is 0.105. The summed E-state index contributed by atoms with van der Waals surface area (Å²) in [5, 5.41) is 7.48. The van der Waals surface area contributed by atoms with Crippen LogP contribution in [0.3, 0.4) is 0 Å². The average molecular weight is 271 g/mol. The van der Waals surface area contributed by atoms with Crippen molar-refractivity contribution in [2.45, 2.75) is 39.4 Å². The van der Waals surface area contributed by atoms with Gasteiger partial charge in [0, 0.05) is 30.4 Å². The van der Waals surface area contributed by atoms with E-state index >= 15 is 0 Å². The monoisotopic (exact) mass is 271 g/mol. The quantitative estimate of drug-likeness (QED) is 0.824. The third-order valence-electron chi connectivity index (χ3n) is 2.51. The molecule has 0 amide bonds. The van der Waals surface area contributed by atoms with Crippen LogP contribution in [0.2, 0.25) is 0 Å². The summed E-state index contributed by atoms with van der Waals surface area (Å²) in [6.45, 7) is 9.07. The van der Waals surface area contributed by atoms with Gasteiger partial charge in [-0.1, -0.05) is 5.16 Å². The summed E-state index contributed by atoms with van der Waals surface area (Å²) in [6, 6.07) is 2.04. The molecule has 0 unspecified atom stereocenters. The summed E-state index contributed by atoms with van der Waals surface area (Å²) in [5.41, 5.74) is 1.08. The summed E-state index contributed by atoms with van der Waals surface area (Å²) in [7, 11) is 2.10. The van der Waals surface area contributed by atoms with Gasteiger partial charge in [0.1, 0.15) is 0 Å². The van der Waals surface area contributed by atoms with Crippen molar-refractivity contribution in [3.63, 3.8) is 0 Å². The van der Waals surface area contributed by atoms with Gasteiger partial charge in [0.2, 0.25) is 0 Å². The molecule has 0 aromatic carbocycles. The minimum atomic E-state index is 0.105. The maximum atomic E-state index is 5.34. The lowest BCUT2D eigenvalue weighted by molar-refractivity contribution is 0.282.